The van der Waals surface area contributed by atoms with Gasteiger partial charge in [0, 0.05) is 0 Å². The summed E-state index contributed by atoms with van der Waals surface area (Å²) < 4.78 is 63.1. The first-order chi connectivity index (χ1) is 6.31. The highest BCUT2D eigenvalue weighted by Crippen LogP contribution is 2.29. The Kier molecular flexibility index (Phi) is 2.79. The van der Waals surface area contributed by atoms with E-state index >= 15 is 0 Å². The minimum atomic E-state index is -5.08. The first kappa shape index (κ1) is 11.0. The van der Waals surface area contributed by atoms with Gasteiger partial charge in [-0.15, -0.1) is 13.2 Å². The zero-order valence-corrected chi connectivity index (χ0v) is 6.96. The number of alkyl halides is 3. The van der Waals surface area contributed by atoms with E-state index in [1.165, 1.54) is 0 Å². The molecule has 0 amide bonds. The normalized spacial score (nSPS) is 11.6. The smallest absolute Gasteiger partial charge is 0.401 e. The van der Waals surface area contributed by atoms with Gasteiger partial charge in [0.2, 0.25) is 5.95 Å². The lowest BCUT2D eigenvalue weighted by Crippen LogP contribution is -2.18. The molecule has 0 aromatic carbocycles. The van der Waals surface area contributed by atoms with Crippen molar-refractivity contribution in [3.63, 3.8) is 0 Å². The molecule has 8 heteroatoms. The third-order valence-electron chi connectivity index (χ3n) is 1.11. The van der Waals surface area contributed by atoms with E-state index in [9.17, 15) is 22.0 Å². The number of rotatable bonds is 1. The van der Waals surface area contributed by atoms with Crippen LogP contribution in [-0.4, -0.2) is 11.3 Å². The molecule has 0 radical (unpaired) electrons. The molecule has 1 rings (SSSR count). The Bertz CT molecular complexity index is 353. The molecule has 0 N–H and O–H groups in total. The molecule has 1 heterocycles. The van der Waals surface area contributed by atoms with Gasteiger partial charge in [-0.3, -0.25) is 0 Å². The van der Waals surface area contributed by atoms with Gasteiger partial charge in [-0.1, -0.05) is 11.6 Å². The molecule has 0 bridgehead atoms. The van der Waals surface area contributed by atoms with Crippen LogP contribution in [0.15, 0.2) is 6.20 Å². The van der Waals surface area contributed by atoms with Crippen LogP contribution in [0, 0.1) is 11.8 Å². The van der Waals surface area contributed by atoms with Crippen LogP contribution < -0.4 is 4.74 Å². The van der Waals surface area contributed by atoms with Crippen LogP contribution in [-0.2, 0) is 0 Å². The highest BCUT2D eigenvalue weighted by atomic mass is 35.5. The fraction of sp³-hybridized carbons (Fsp3) is 0.167. The predicted molar refractivity (Wildman–Crippen MR) is 35.8 cm³/mol. The second-order valence-electron chi connectivity index (χ2n) is 2.09. The van der Waals surface area contributed by atoms with E-state index in [-0.39, 0.29) is 6.20 Å². The van der Waals surface area contributed by atoms with E-state index in [0.717, 1.165) is 0 Å². The number of hydrogen-bond acceptors (Lipinski definition) is 2. The fourth-order valence-corrected chi connectivity index (χ4v) is 0.765. The van der Waals surface area contributed by atoms with E-state index < -0.39 is 28.9 Å². The average Bonchev–Trinajstić information content (AvgIpc) is 2.04. The second kappa shape index (κ2) is 3.56. The van der Waals surface area contributed by atoms with Gasteiger partial charge >= 0.3 is 6.36 Å². The predicted octanol–water partition coefficient (Wildman–Crippen LogP) is 2.91. The third-order valence-corrected chi connectivity index (χ3v) is 1.43. The van der Waals surface area contributed by atoms with Gasteiger partial charge in [-0.2, -0.15) is 4.39 Å². The van der Waals surface area contributed by atoms with Crippen molar-refractivity contribution < 1.29 is 26.7 Å². The molecule has 0 spiro atoms. The van der Waals surface area contributed by atoms with Crippen LogP contribution >= 0.6 is 11.6 Å². The maximum Gasteiger partial charge on any atom is 0.573 e. The third kappa shape index (κ3) is 2.44. The largest absolute Gasteiger partial charge is 0.573 e. The van der Waals surface area contributed by atoms with Crippen LogP contribution in [0.4, 0.5) is 22.0 Å². The first-order valence-corrected chi connectivity index (χ1v) is 3.44. The van der Waals surface area contributed by atoms with Gasteiger partial charge in [-0.05, 0) is 0 Å². The first-order valence-electron chi connectivity index (χ1n) is 3.06. The summed E-state index contributed by atoms with van der Waals surface area (Å²) in [5.74, 6) is -4.32. The summed E-state index contributed by atoms with van der Waals surface area (Å²) in [7, 11) is 0. The van der Waals surface area contributed by atoms with Crippen molar-refractivity contribution in [2.75, 3.05) is 0 Å². The van der Waals surface area contributed by atoms with Crippen molar-refractivity contribution in [2.45, 2.75) is 6.36 Å². The van der Waals surface area contributed by atoms with Crippen molar-refractivity contribution in [3.05, 3.63) is 23.0 Å². The Morgan fingerprint density at radius 3 is 2.36 bits per heavy atom. The molecule has 1 aromatic rings. The summed E-state index contributed by atoms with van der Waals surface area (Å²) in [6, 6.07) is 0. The van der Waals surface area contributed by atoms with Gasteiger partial charge in [-0.25, -0.2) is 9.37 Å². The van der Waals surface area contributed by atoms with Gasteiger partial charge in [0.15, 0.2) is 11.6 Å². The maximum atomic E-state index is 12.8. The van der Waals surface area contributed by atoms with Gasteiger partial charge in [0.25, 0.3) is 0 Å². The molecule has 0 unspecified atom stereocenters. The SMILES string of the molecule is Fc1ncc(OC(F)(F)F)c(F)c1Cl. The number of aromatic nitrogens is 1. The molecule has 0 atom stereocenters. The fourth-order valence-electron chi connectivity index (χ4n) is 0.623. The minimum Gasteiger partial charge on any atom is -0.401 e. The van der Waals surface area contributed by atoms with Crippen LogP contribution in [0.1, 0.15) is 0 Å². The van der Waals surface area contributed by atoms with E-state index in [1.807, 2.05) is 0 Å². The summed E-state index contributed by atoms with van der Waals surface area (Å²) >= 11 is 4.95. The highest BCUT2D eigenvalue weighted by Gasteiger charge is 2.33. The highest BCUT2D eigenvalue weighted by molar-refractivity contribution is 6.30. The van der Waals surface area contributed by atoms with Crippen molar-refractivity contribution in [3.8, 4) is 5.75 Å². The van der Waals surface area contributed by atoms with Crippen LogP contribution in [0.25, 0.3) is 0 Å². The monoisotopic (exact) mass is 233 g/mol. The quantitative estimate of drug-likeness (QED) is 0.550. The number of hydrogen-bond donors (Lipinski definition) is 0. The zero-order chi connectivity index (χ0) is 10.9. The van der Waals surface area contributed by atoms with Crippen LogP contribution in [0.2, 0.25) is 5.02 Å². The van der Waals surface area contributed by atoms with Crippen molar-refractivity contribution in [1.82, 2.24) is 4.98 Å². The molecule has 78 valence electrons. The molecule has 14 heavy (non-hydrogen) atoms. The summed E-state index contributed by atoms with van der Waals surface area (Å²) in [6.07, 6.45) is -4.83. The molecular weight excluding hydrogens is 233 g/mol. The molecule has 0 saturated heterocycles. The van der Waals surface area contributed by atoms with Crippen molar-refractivity contribution in [2.24, 2.45) is 0 Å². The molecule has 0 aliphatic rings. The Balaban J connectivity index is 3.06. The summed E-state index contributed by atoms with van der Waals surface area (Å²) in [6.45, 7) is 0. The lowest BCUT2D eigenvalue weighted by Gasteiger charge is -2.09. The van der Waals surface area contributed by atoms with Crippen LogP contribution in [0.3, 0.4) is 0 Å². The van der Waals surface area contributed by atoms with E-state index in [0.29, 0.717) is 0 Å². The Morgan fingerprint density at radius 2 is 1.86 bits per heavy atom. The molecule has 0 saturated carbocycles. The van der Waals surface area contributed by atoms with Gasteiger partial charge in [0.1, 0.15) is 5.02 Å². The number of halogens is 6. The number of pyridine rings is 1. The number of ether oxygens (including phenoxy) is 1. The lowest BCUT2D eigenvalue weighted by atomic mass is 10.4. The van der Waals surface area contributed by atoms with E-state index in [4.69, 9.17) is 11.6 Å². The maximum absolute atomic E-state index is 12.8. The average molecular weight is 234 g/mol. The molecular formula is C6HClF5NO. The number of nitrogens with zero attached hydrogens (tertiary/aromatic N) is 1. The molecule has 1 aromatic heterocycles. The summed E-state index contributed by atoms with van der Waals surface area (Å²) in [4.78, 5) is 2.76. The Hall–Kier alpha value is -1.11. The Labute approximate surface area is 79.3 Å². The minimum absolute atomic E-state index is 0.254. The van der Waals surface area contributed by atoms with Gasteiger partial charge in [0.05, 0.1) is 6.20 Å². The molecule has 0 aliphatic heterocycles. The van der Waals surface area contributed by atoms with Crippen LogP contribution in [0.5, 0.6) is 5.75 Å². The summed E-state index contributed by atoms with van der Waals surface area (Å²) in [5, 5.41) is -1.15. The van der Waals surface area contributed by atoms with Gasteiger partial charge < -0.3 is 4.74 Å². The molecule has 0 fully saturated rings. The van der Waals surface area contributed by atoms with E-state index in [2.05, 4.69) is 9.72 Å². The molecule has 0 aliphatic carbocycles. The lowest BCUT2D eigenvalue weighted by molar-refractivity contribution is -0.275. The van der Waals surface area contributed by atoms with Crippen molar-refractivity contribution in [1.29, 1.82) is 0 Å². The standard InChI is InChI=1S/C6HClF5NO/c7-3-4(8)2(1-13-5(3)9)14-6(10,11)12/h1H. The van der Waals surface area contributed by atoms with E-state index in [1.54, 1.807) is 0 Å². The molecule has 2 nitrogen and oxygen atoms in total. The van der Waals surface area contributed by atoms with Crippen molar-refractivity contribution >= 4 is 11.6 Å². The zero-order valence-electron chi connectivity index (χ0n) is 6.20. The second-order valence-corrected chi connectivity index (χ2v) is 2.47. The topological polar surface area (TPSA) is 22.1 Å². The summed E-state index contributed by atoms with van der Waals surface area (Å²) in [5.41, 5.74) is 0. The Morgan fingerprint density at radius 1 is 1.29 bits per heavy atom.